The van der Waals surface area contributed by atoms with Crippen LogP contribution in [0.1, 0.15) is 6.42 Å². The van der Waals surface area contributed by atoms with E-state index in [2.05, 4.69) is 15.0 Å². The van der Waals surface area contributed by atoms with Gasteiger partial charge in [0.15, 0.2) is 5.82 Å². The Balaban J connectivity index is 1.74. The topological polar surface area (TPSA) is 62.1 Å². The van der Waals surface area contributed by atoms with E-state index in [1.807, 2.05) is 28.8 Å². The number of para-hydroxylation sites is 2. The summed E-state index contributed by atoms with van der Waals surface area (Å²) in [5, 5.41) is 0.443. The maximum Gasteiger partial charge on any atom is 0.318 e. The molecule has 0 bridgehead atoms. The molecule has 22 heavy (non-hydrogen) atoms. The summed E-state index contributed by atoms with van der Waals surface area (Å²) in [4.78, 5) is 12.9. The third-order valence-electron chi connectivity index (χ3n) is 3.55. The number of rotatable bonds is 3. The van der Waals surface area contributed by atoms with Crippen molar-refractivity contribution in [2.75, 3.05) is 13.2 Å². The number of fused-ring (bicyclic) bond motifs is 1. The van der Waals surface area contributed by atoms with Crippen LogP contribution in [0.2, 0.25) is 5.02 Å². The molecule has 1 unspecified atom stereocenters. The van der Waals surface area contributed by atoms with E-state index in [1.165, 1.54) is 0 Å². The summed E-state index contributed by atoms with van der Waals surface area (Å²) in [6.07, 6.45) is 4.08. The number of halogens is 1. The lowest BCUT2D eigenvalue weighted by atomic mass is 10.3. The first-order chi connectivity index (χ1) is 10.8. The fourth-order valence-electron chi connectivity index (χ4n) is 2.45. The average molecular weight is 317 g/mol. The van der Waals surface area contributed by atoms with Gasteiger partial charge in [-0.25, -0.2) is 9.97 Å². The second kappa shape index (κ2) is 5.55. The van der Waals surface area contributed by atoms with Crippen LogP contribution in [0.5, 0.6) is 6.01 Å². The monoisotopic (exact) mass is 316 g/mol. The first-order valence-corrected chi connectivity index (χ1v) is 7.38. The molecule has 112 valence electrons. The molecule has 0 N–H and O–H groups in total. The van der Waals surface area contributed by atoms with Gasteiger partial charge in [0.05, 0.1) is 30.4 Å². The summed E-state index contributed by atoms with van der Waals surface area (Å²) in [7, 11) is 0. The molecule has 7 heteroatoms. The van der Waals surface area contributed by atoms with E-state index in [0.717, 1.165) is 17.5 Å². The van der Waals surface area contributed by atoms with Crippen molar-refractivity contribution in [3.63, 3.8) is 0 Å². The van der Waals surface area contributed by atoms with Gasteiger partial charge in [0.25, 0.3) is 0 Å². The Morgan fingerprint density at radius 2 is 2.18 bits per heavy atom. The van der Waals surface area contributed by atoms with Gasteiger partial charge in [-0.05, 0) is 12.1 Å². The van der Waals surface area contributed by atoms with Crippen LogP contribution in [0.25, 0.3) is 16.9 Å². The predicted octanol–water partition coefficient (Wildman–Crippen LogP) is 2.64. The third kappa shape index (κ3) is 2.40. The highest BCUT2D eigenvalue weighted by atomic mass is 35.5. The zero-order valence-electron chi connectivity index (χ0n) is 11.6. The van der Waals surface area contributed by atoms with Gasteiger partial charge in [-0.1, -0.05) is 23.7 Å². The van der Waals surface area contributed by atoms with Crippen molar-refractivity contribution in [1.29, 1.82) is 0 Å². The molecule has 1 atom stereocenters. The fraction of sp³-hybridized carbons (Fsp3) is 0.267. The molecular weight excluding hydrogens is 304 g/mol. The molecule has 1 saturated heterocycles. The van der Waals surface area contributed by atoms with Crippen molar-refractivity contribution in [3.05, 3.63) is 41.8 Å². The maximum atomic E-state index is 6.25. The Labute approximate surface area is 131 Å². The Hall–Kier alpha value is -2.18. The van der Waals surface area contributed by atoms with Gasteiger partial charge in [0, 0.05) is 6.42 Å². The molecule has 0 saturated carbocycles. The Kier molecular flexibility index (Phi) is 3.40. The van der Waals surface area contributed by atoms with E-state index in [1.54, 1.807) is 12.5 Å². The molecule has 0 aliphatic carbocycles. The second-order valence-corrected chi connectivity index (χ2v) is 5.44. The second-order valence-electron chi connectivity index (χ2n) is 5.03. The summed E-state index contributed by atoms with van der Waals surface area (Å²) >= 11 is 6.25. The number of imidazole rings is 1. The van der Waals surface area contributed by atoms with E-state index in [0.29, 0.717) is 30.1 Å². The molecule has 0 amide bonds. The average Bonchev–Trinajstić information content (AvgIpc) is 3.19. The number of benzene rings is 1. The standard InChI is InChI=1S/C15H13ClN4O2/c16-11-7-17-15(22-10-5-6-21-8-10)19-14(11)20-9-18-12-3-1-2-4-13(12)20/h1-4,7,9-10H,5-6,8H2. The lowest BCUT2D eigenvalue weighted by Gasteiger charge is -2.12. The van der Waals surface area contributed by atoms with Gasteiger partial charge in [0.1, 0.15) is 17.5 Å². The number of hydrogen-bond acceptors (Lipinski definition) is 5. The molecule has 1 fully saturated rings. The lowest BCUT2D eigenvalue weighted by Crippen LogP contribution is -2.17. The molecule has 4 rings (SSSR count). The van der Waals surface area contributed by atoms with Crippen LogP contribution >= 0.6 is 11.6 Å². The molecule has 6 nitrogen and oxygen atoms in total. The van der Waals surface area contributed by atoms with Crippen molar-refractivity contribution in [2.45, 2.75) is 12.5 Å². The van der Waals surface area contributed by atoms with Crippen molar-refractivity contribution < 1.29 is 9.47 Å². The molecule has 0 spiro atoms. The van der Waals surface area contributed by atoms with Gasteiger partial charge in [-0.15, -0.1) is 0 Å². The van der Waals surface area contributed by atoms with Crippen molar-refractivity contribution >= 4 is 22.6 Å². The van der Waals surface area contributed by atoms with E-state index < -0.39 is 0 Å². The van der Waals surface area contributed by atoms with Gasteiger partial charge in [-0.2, -0.15) is 4.98 Å². The lowest BCUT2D eigenvalue weighted by molar-refractivity contribution is 0.134. The quantitative estimate of drug-likeness (QED) is 0.743. The summed E-state index contributed by atoms with van der Waals surface area (Å²) in [5.41, 5.74) is 1.81. The number of hydrogen-bond donors (Lipinski definition) is 0. The van der Waals surface area contributed by atoms with Crippen LogP contribution in [0.15, 0.2) is 36.8 Å². The SMILES string of the molecule is Clc1cnc(OC2CCOC2)nc1-n1cnc2ccccc21. The van der Waals surface area contributed by atoms with Crippen molar-refractivity contribution in [3.8, 4) is 11.8 Å². The van der Waals surface area contributed by atoms with Gasteiger partial charge in [0.2, 0.25) is 0 Å². The van der Waals surface area contributed by atoms with Gasteiger partial charge < -0.3 is 9.47 Å². The van der Waals surface area contributed by atoms with Crippen LogP contribution < -0.4 is 4.74 Å². The first kappa shape index (κ1) is 13.5. The minimum absolute atomic E-state index is 0.00597. The smallest absolute Gasteiger partial charge is 0.318 e. The zero-order valence-corrected chi connectivity index (χ0v) is 12.4. The third-order valence-corrected chi connectivity index (χ3v) is 3.81. The summed E-state index contributed by atoms with van der Waals surface area (Å²) in [5.74, 6) is 0.555. The minimum Gasteiger partial charge on any atom is -0.458 e. The van der Waals surface area contributed by atoms with Gasteiger partial charge >= 0.3 is 6.01 Å². The van der Waals surface area contributed by atoms with E-state index in [9.17, 15) is 0 Å². The minimum atomic E-state index is -0.00597. The molecule has 1 aliphatic heterocycles. The van der Waals surface area contributed by atoms with Gasteiger partial charge in [-0.3, -0.25) is 4.57 Å². The van der Waals surface area contributed by atoms with E-state index >= 15 is 0 Å². The zero-order chi connectivity index (χ0) is 14.9. The molecule has 2 aromatic heterocycles. The predicted molar refractivity (Wildman–Crippen MR) is 81.5 cm³/mol. The van der Waals surface area contributed by atoms with Crippen molar-refractivity contribution in [1.82, 2.24) is 19.5 Å². The highest BCUT2D eigenvalue weighted by Gasteiger charge is 2.19. The van der Waals surface area contributed by atoms with Crippen LogP contribution in [0.3, 0.4) is 0 Å². The molecular formula is C15H13ClN4O2. The number of nitrogens with zero attached hydrogens (tertiary/aromatic N) is 4. The van der Waals surface area contributed by atoms with E-state index in [4.69, 9.17) is 21.1 Å². The molecule has 3 heterocycles. The maximum absolute atomic E-state index is 6.25. The van der Waals surface area contributed by atoms with Crippen LogP contribution in [-0.2, 0) is 4.74 Å². The Morgan fingerprint density at radius 3 is 3.05 bits per heavy atom. The summed E-state index contributed by atoms with van der Waals surface area (Å²) < 4.78 is 12.9. The molecule has 1 aromatic carbocycles. The van der Waals surface area contributed by atoms with Crippen LogP contribution in [0, 0.1) is 0 Å². The van der Waals surface area contributed by atoms with E-state index in [-0.39, 0.29) is 6.10 Å². The van der Waals surface area contributed by atoms with Crippen molar-refractivity contribution in [2.24, 2.45) is 0 Å². The molecule has 1 aliphatic rings. The summed E-state index contributed by atoms with van der Waals surface area (Å²) in [6.45, 7) is 1.27. The largest absolute Gasteiger partial charge is 0.458 e. The highest BCUT2D eigenvalue weighted by Crippen LogP contribution is 2.24. The number of aromatic nitrogens is 4. The fourth-order valence-corrected chi connectivity index (χ4v) is 2.63. The normalized spacial score (nSPS) is 18.0. The van der Waals surface area contributed by atoms with Crippen LogP contribution in [-0.4, -0.2) is 38.8 Å². The molecule has 3 aromatic rings. The summed E-state index contributed by atoms with van der Waals surface area (Å²) in [6, 6.07) is 8.09. The Morgan fingerprint density at radius 1 is 1.27 bits per heavy atom. The molecule has 0 radical (unpaired) electrons. The van der Waals surface area contributed by atoms with Crippen LogP contribution in [0.4, 0.5) is 0 Å². The Bertz CT molecular complexity index is 814. The highest BCUT2D eigenvalue weighted by molar-refractivity contribution is 6.32. The first-order valence-electron chi connectivity index (χ1n) is 7.00. The number of ether oxygens (including phenoxy) is 2.